The van der Waals surface area contributed by atoms with Crippen molar-refractivity contribution in [3.63, 3.8) is 0 Å². The molecule has 1 unspecified atom stereocenters. The van der Waals surface area contributed by atoms with Crippen molar-refractivity contribution in [2.45, 2.75) is 38.1 Å². The number of likely N-dealkylation sites (tertiary alicyclic amines) is 1. The van der Waals surface area contributed by atoms with Gasteiger partial charge in [-0.05, 0) is 50.4 Å². The Kier molecular flexibility index (Phi) is 5.43. The van der Waals surface area contributed by atoms with Crippen LogP contribution < -0.4 is 5.73 Å². The van der Waals surface area contributed by atoms with Gasteiger partial charge in [-0.3, -0.25) is 9.59 Å². The van der Waals surface area contributed by atoms with Crippen LogP contribution in [-0.2, 0) is 10.0 Å². The van der Waals surface area contributed by atoms with Gasteiger partial charge >= 0.3 is 0 Å². The Morgan fingerprint density at radius 2 is 2.00 bits per heavy atom. The predicted octanol–water partition coefficient (Wildman–Crippen LogP) is 1.47. The summed E-state index contributed by atoms with van der Waals surface area (Å²) in [5.41, 5.74) is 6.07. The van der Waals surface area contributed by atoms with Crippen LogP contribution in [0.3, 0.4) is 0 Å². The van der Waals surface area contributed by atoms with E-state index in [0.717, 1.165) is 10.7 Å². The summed E-state index contributed by atoms with van der Waals surface area (Å²) in [5, 5.41) is 0. The maximum atomic E-state index is 12.8. The highest BCUT2D eigenvalue weighted by atomic mass is 35.5. The number of halogens is 1. The third kappa shape index (κ3) is 3.10. The minimum absolute atomic E-state index is 0. The molecule has 2 amide bonds. The first kappa shape index (κ1) is 20.7. The van der Waals surface area contributed by atoms with Gasteiger partial charge in [-0.2, -0.15) is 0 Å². The molecule has 1 saturated heterocycles. The molecule has 0 spiro atoms. The molecule has 2 aliphatic heterocycles. The fourth-order valence-electron chi connectivity index (χ4n) is 3.44. The van der Waals surface area contributed by atoms with E-state index < -0.39 is 22.0 Å². The van der Waals surface area contributed by atoms with Crippen LogP contribution in [0.1, 0.15) is 47.9 Å². The molecule has 3 rings (SSSR count). The SMILES string of the molecule is CC(C)N1C(=O)c2ccc(C(=O)N3CCC(C)(CN)C3)cc2S1(=O)=O.Cl. The number of carbonyl (C=O) groups excluding carboxylic acids is 2. The fraction of sp³-hybridized carbons (Fsp3) is 0.529. The van der Waals surface area contributed by atoms with Gasteiger partial charge in [0.2, 0.25) is 0 Å². The van der Waals surface area contributed by atoms with Crippen LogP contribution in [0, 0.1) is 5.41 Å². The number of amides is 2. The number of sulfonamides is 1. The number of nitrogens with two attached hydrogens (primary N) is 1. The monoisotopic (exact) mass is 401 g/mol. The number of fused-ring (bicyclic) bond motifs is 1. The van der Waals surface area contributed by atoms with Crippen LogP contribution in [0.25, 0.3) is 0 Å². The van der Waals surface area contributed by atoms with Crippen LogP contribution in [0.15, 0.2) is 23.1 Å². The highest BCUT2D eigenvalue weighted by molar-refractivity contribution is 7.90. The Morgan fingerprint density at radius 1 is 1.35 bits per heavy atom. The molecule has 144 valence electrons. The summed E-state index contributed by atoms with van der Waals surface area (Å²) < 4.78 is 26.2. The molecule has 0 aromatic heterocycles. The number of hydrogen-bond donors (Lipinski definition) is 1. The van der Waals surface area contributed by atoms with Gasteiger partial charge < -0.3 is 10.6 Å². The normalized spacial score (nSPS) is 24.0. The molecule has 1 aromatic rings. The Bertz CT molecular complexity index is 856. The van der Waals surface area contributed by atoms with Gasteiger partial charge in [0, 0.05) is 24.7 Å². The smallest absolute Gasteiger partial charge is 0.269 e. The molecule has 0 radical (unpaired) electrons. The van der Waals surface area contributed by atoms with Crippen LogP contribution in [0.2, 0.25) is 0 Å². The number of benzene rings is 1. The van der Waals surface area contributed by atoms with E-state index in [1.165, 1.54) is 18.2 Å². The largest absolute Gasteiger partial charge is 0.338 e. The highest BCUT2D eigenvalue weighted by Gasteiger charge is 2.43. The molecule has 2 aliphatic rings. The molecular weight excluding hydrogens is 378 g/mol. The first-order chi connectivity index (χ1) is 11.6. The molecule has 7 nitrogen and oxygen atoms in total. The van der Waals surface area contributed by atoms with Crippen molar-refractivity contribution in [2.24, 2.45) is 11.1 Å². The number of nitrogens with zero attached hydrogens (tertiary/aromatic N) is 2. The van der Waals surface area contributed by atoms with Gasteiger partial charge in [0.1, 0.15) is 4.90 Å². The standard InChI is InChI=1S/C17H23N3O4S.ClH/c1-11(2)20-16(22)13-5-4-12(8-14(13)25(20,23)24)15(21)19-7-6-17(3,9-18)10-19;/h4-5,8,11H,6-7,9-10,18H2,1-3H3;1H. The Morgan fingerprint density at radius 3 is 2.54 bits per heavy atom. The summed E-state index contributed by atoms with van der Waals surface area (Å²) in [6.45, 7) is 6.95. The number of hydrogen-bond acceptors (Lipinski definition) is 5. The molecule has 2 heterocycles. The molecule has 0 aliphatic carbocycles. The fourth-order valence-corrected chi connectivity index (χ4v) is 5.23. The summed E-state index contributed by atoms with van der Waals surface area (Å²) in [6.07, 6.45) is 0.818. The predicted molar refractivity (Wildman–Crippen MR) is 99.9 cm³/mol. The van der Waals surface area contributed by atoms with E-state index >= 15 is 0 Å². The van der Waals surface area contributed by atoms with Crippen molar-refractivity contribution in [1.82, 2.24) is 9.21 Å². The molecule has 9 heteroatoms. The van der Waals surface area contributed by atoms with Gasteiger partial charge in [0.05, 0.1) is 5.56 Å². The van der Waals surface area contributed by atoms with Crippen molar-refractivity contribution in [3.05, 3.63) is 29.3 Å². The van der Waals surface area contributed by atoms with Crippen molar-refractivity contribution < 1.29 is 18.0 Å². The summed E-state index contributed by atoms with van der Waals surface area (Å²) in [5.74, 6) is -0.772. The quantitative estimate of drug-likeness (QED) is 0.826. The van der Waals surface area contributed by atoms with Crippen LogP contribution in [0.5, 0.6) is 0 Å². The lowest BCUT2D eigenvalue weighted by atomic mass is 9.90. The molecule has 0 saturated carbocycles. The van der Waals surface area contributed by atoms with Gasteiger partial charge in [-0.25, -0.2) is 12.7 Å². The van der Waals surface area contributed by atoms with E-state index in [1.807, 2.05) is 6.92 Å². The molecule has 1 aromatic carbocycles. The van der Waals surface area contributed by atoms with Crippen molar-refractivity contribution >= 4 is 34.2 Å². The zero-order valence-corrected chi connectivity index (χ0v) is 16.7. The zero-order chi connectivity index (χ0) is 18.6. The van der Waals surface area contributed by atoms with Gasteiger partial charge in [-0.1, -0.05) is 6.92 Å². The van der Waals surface area contributed by atoms with Gasteiger partial charge in [-0.15, -0.1) is 12.4 Å². The second-order valence-electron chi connectivity index (χ2n) is 7.40. The van der Waals surface area contributed by atoms with E-state index in [2.05, 4.69) is 0 Å². The van der Waals surface area contributed by atoms with Crippen molar-refractivity contribution in [2.75, 3.05) is 19.6 Å². The van der Waals surface area contributed by atoms with Crippen LogP contribution in [-0.4, -0.2) is 55.1 Å². The topological polar surface area (TPSA) is 101 Å². The van der Waals surface area contributed by atoms with E-state index in [9.17, 15) is 18.0 Å². The van der Waals surface area contributed by atoms with E-state index in [1.54, 1.807) is 18.7 Å². The summed E-state index contributed by atoms with van der Waals surface area (Å²) in [6, 6.07) is 3.80. The Hall–Kier alpha value is -1.64. The third-order valence-electron chi connectivity index (χ3n) is 5.00. The first-order valence-corrected chi connectivity index (χ1v) is 9.77. The molecular formula is C17H24ClN3O4S. The lowest BCUT2D eigenvalue weighted by Crippen LogP contribution is -2.36. The summed E-state index contributed by atoms with van der Waals surface area (Å²) in [7, 11) is -3.91. The second kappa shape index (κ2) is 6.83. The number of carbonyl (C=O) groups is 2. The average molecular weight is 402 g/mol. The average Bonchev–Trinajstić information content (AvgIpc) is 3.04. The molecule has 1 fully saturated rings. The van der Waals surface area contributed by atoms with Crippen LogP contribution in [0.4, 0.5) is 0 Å². The zero-order valence-electron chi connectivity index (χ0n) is 15.1. The third-order valence-corrected chi connectivity index (χ3v) is 7.00. The van der Waals surface area contributed by atoms with Gasteiger partial charge in [0.15, 0.2) is 0 Å². The van der Waals surface area contributed by atoms with Gasteiger partial charge in [0.25, 0.3) is 21.8 Å². The molecule has 2 N–H and O–H groups in total. The van der Waals surface area contributed by atoms with Crippen molar-refractivity contribution in [3.8, 4) is 0 Å². The summed E-state index contributed by atoms with van der Waals surface area (Å²) in [4.78, 5) is 26.7. The minimum atomic E-state index is -3.91. The minimum Gasteiger partial charge on any atom is -0.338 e. The molecule has 1 atom stereocenters. The van der Waals surface area contributed by atoms with E-state index in [-0.39, 0.29) is 39.8 Å². The Balaban J connectivity index is 0.00000243. The molecule has 0 bridgehead atoms. The van der Waals surface area contributed by atoms with Crippen LogP contribution >= 0.6 is 12.4 Å². The number of rotatable bonds is 3. The molecule has 26 heavy (non-hydrogen) atoms. The Labute approximate surface area is 160 Å². The lowest BCUT2D eigenvalue weighted by molar-refractivity contribution is 0.0775. The van der Waals surface area contributed by atoms with Crippen molar-refractivity contribution in [1.29, 1.82) is 0 Å². The maximum absolute atomic E-state index is 12.8. The second-order valence-corrected chi connectivity index (χ2v) is 9.19. The maximum Gasteiger partial charge on any atom is 0.269 e. The first-order valence-electron chi connectivity index (χ1n) is 8.33. The van der Waals surface area contributed by atoms with E-state index in [0.29, 0.717) is 19.6 Å². The summed E-state index contributed by atoms with van der Waals surface area (Å²) >= 11 is 0. The highest BCUT2D eigenvalue weighted by Crippen LogP contribution is 2.34. The lowest BCUT2D eigenvalue weighted by Gasteiger charge is -2.22. The van der Waals surface area contributed by atoms with E-state index in [4.69, 9.17) is 5.73 Å².